The Hall–Kier alpha value is -5.07. The first-order valence-electron chi connectivity index (χ1n) is 17.8. The summed E-state index contributed by atoms with van der Waals surface area (Å²) in [6.45, 7) is 8.65. The van der Waals surface area contributed by atoms with E-state index in [4.69, 9.17) is 14.2 Å². The van der Waals surface area contributed by atoms with Crippen molar-refractivity contribution in [3.63, 3.8) is 0 Å². The third-order valence-corrected chi connectivity index (χ3v) is 11.9. The summed E-state index contributed by atoms with van der Waals surface area (Å²) in [6.07, 6.45) is 4.64. The van der Waals surface area contributed by atoms with E-state index in [-0.39, 0.29) is 17.0 Å². The van der Waals surface area contributed by atoms with Crippen LogP contribution in [0.5, 0.6) is 11.5 Å². The van der Waals surface area contributed by atoms with Gasteiger partial charge in [-0.1, -0.05) is 52.0 Å². The maximum atomic E-state index is 13.8. The van der Waals surface area contributed by atoms with Gasteiger partial charge in [0.25, 0.3) is 11.8 Å². The molecule has 3 amide bonds. The van der Waals surface area contributed by atoms with E-state index in [1.807, 2.05) is 13.0 Å². The Labute approximate surface area is 325 Å². The van der Waals surface area contributed by atoms with Crippen LogP contribution in [-0.2, 0) is 27.2 Å². The van der Waals surface area contributed by atoms with Gasteiger partial charge in [0.15, 0.2) is 0 Å². The van der Waals surface area contributed by atoms with Crippen molar-refractivity contribution in [2.45, 2.75) is 63.5 Å². The summed E-state index contributed by atoms with van der Waals surface area (Å²) in [5.74, 6) is -0.191. The molecule has 284 valence electrons. The van der Waals surface area contributed by atoms with E-state index in [9.17, 15) is 19.2 Å². The SMILES string of the molecule is CCC(Sc1cccc(NC(=O)/C(=C\c2ccc(OC)cc2OC)NC(=O)c2ccccc2)c1)C(=O)Nc1sc2c(c1C(=O)OC)CCC(C(C)(C)C)C2. The highest BCUT2D eigenvalue weighted by atomic mass is 32.2. The largest absolute Gasteiger partial charge is 0.497 e. The molecule has 0 saturated carbocycles. The number of methoxy groups -OCH3 is 3. The molecule has 1 aliphatic rings. The summed E-state index contributed by atoms with van der Waals surface area (Å²) in [5.41, 5.74) is 2.96. The molecule has 10 nitrogen and oxygen atoms in total. The minimum atomic E-state index is -0.560. The first-order valence-corrected chi connectivity index (χ1v) is 19.5. The van der Waals surface area contributed by atoms with Crippen LogP contribution in [0.25, 0.3) is 6.08 Å². The minimum absolute atomic E-state index is 0.00920. The van der Waals surface area contributed by atoms with Crippen LogP contribution >= 0.6 is 23.1 Å². The van der Waals surface area contributed by atoms with Crippen LogP contribution in [-0.4, -0.2) is 50.3 Å². The van der Waals surface area contributed by atoms with Gasteiger partial charge in [0, 0.05) is 32.7 Å². The summed E-state index contributed by atoms with van der Waals surface area (Å²) >= 11 is 2.82. The highest BCUT2D eigenvalue weighted by molar-refractivity contribution is 8.00. The van der Waals surface area contributed by atoms with Gasteiger partial charge in [-0.05, 0) is 91.1 Å². The standard InChI is InChI=1S/C42H47N3O7S2/c1-8-34(39(48)45-40-36(41(49)52-7)31-20-18-27(42(2,3)4)22-35(31)54-40)53-30-16-12-15-28(23-30)43-38(47)32(44-37(46)25-13-10-9-11-14-25)21-26-17-19-29(50-5)24-33(26)51-6/h9-17,19,21,23-24,27,34H,8,18,20,22H2,1-7H3,(H,43,47)(H,44,46)(H,45,48)/b32-21+. The topological polar surface area (TPSA) is 132 Å². The molecule has 1 aromatic heterocycles. The fourth-order valence-electron chi connectivity index (χ4n) is 6.29. The fourth-order valence-corrected chi connectivity index (χ4v) is 8.62. The summed E-state index contributed by atoms with van der Waals surface area (Å²) in [4.78, 5) is 55.6. The third-order valence-electron chi connectivity index (χ3n) is 9.42. The summed E-state index contributed by atoms with van der Waals surface area (Å²) in [6, 6.07) is 20.9. The smallest absolute Gasteiger partial charge is 0.341 e. The molecule has 0 aliphatic heterocycles. The van der Waals surface area contributed by atoms with Crippen LogP contribution in [0.15, 0.2) is 83.4 Å². The van der Waals surface area contributed by atoms with Crippen molar-refractivity contribution in [3.8, 4) is 11.5 Å². The predicted molar refractivity (Wildman–Crippen MR) is 216 cm³/mol. The van der Waals surface area contributed by atoms with E-state index in [0.29, 0.717) is 51.2 Å². The predicted octanol–water partition coefficient (Wildman–Crippen LogP) is 8.62. The number of nitrogens with one attached hydrogen (secondary N) is 3. The number of hydrogen-bond acceptors (Lipinski definition) is 9. The highest BCUT2D eigenvalue weighted by Gasteiger charge is 2.35. The second-order valence-electron chi connectivity index (χ2n) is 14.0. The van der Waals surface area contributed by atoms with Crippen LogP contribution in [0.3, 0.4) is 0 Å². The zero-order chi connectivity index (χ0) is 39.0. The average molecular weight is 770 g/mol. The fraction of sp³-hybridized carbons (Fsp3) is 0.333. The van der Waals surface area contributed by atoms with Crippen LogP contribution < -0.4 is 25.4 Å². The van der Waals surface area contributed by atoms with Gasteiger partial charge in [0.1, 0.15) is 22.2 Å². The number of rotatable bonds is 13. The van der Waals surface area contributed by atoms with E-state index in [0.717, 1.165) is 34.6 Å². The van der Waals surface area contributed by atoms with E-state index in [1.165, 1.54) is 37.3 Å². The molecule has 1 aliphatic carbocycles. The van der Waals surface area contributed by atoms with Gasteiger partial charge in [-0.3, -0.25) is 14.4 Å². The maximum absolute atomic E-state index is 13.8. The molecule has 3 N–H and O–H groups in total. The number of amides is 3. The lowest BCUT2D eigenvalue weighted by atomic mass is 9.72. The Kier molecular flexibility index (Phi) is 13.3. The quantitative estimate of drug-likeness (QED) is 0.0700. The second-order valence-corrected chi connectivity index (χ2v) is 16.4. The lowest BCUT2D eigenvalue weighted by molar-refractivity contribution is -0.116. The number of esters is 1. The zero-order valence-corrected chi connectivity index (χ0v) is 33.3. The van der Waals surface area contributed by atoms with Crippen LogP contribution in [0.1, 0.15) is 77.3 Å². The molecule has 54 heavy (non-hydrogen) atoms. The number of hydrogen-bond donors (Lipinski definition) is 3. The molecule has 0 fully saturated rings. The Bertz CT molecular complexity index is 2030. The Morgan fingerprint density at radius 1 is 0.944 bits per heavy atom. The summed E-state index contributed by atoms with van der Waals surface area (Å²) in [7, 11) is 4.42. The molecular formula is C42H47N3O7S2. The third kappa shape index (κ3) is 9.72. The first-order chi connectivity index (χ1) is 25.8. The number of benzene rings is 3. The number of carbonyl (C=O) groups is 4. The lowest BCUT2D eigenvalue weighted by Crippen LogP contribution is -2.30. The van der Waals surface area contributed by atoms with Gasteiger partial charge in [-0.25, -0.2) is 4.79 Å². The molecule has 1 heterocycles. The highest BCUT2D eigenvalue weighted by Crippen LogP contribution is 2.45. The zero-order valence-electron chi connectivity index (χ0n) is 31.7. The molecule has 0 spiro atoms. The average Bonchev–Trinajstić information content (AvgIpc) is 3.53. The Morgan fingerprint density at radius 3 is 2.37 bits per heavy atom. The van der Waals surface area contributed by atoms with Crippen molar-refractivity contribution < 1.29 is 33.4 Å². The van der Waals surface area contributed by atoms with Gasteiger partial charge in [-0.2, -0.15) is 0 Å². The number of fused-ring (bicyclic) bond motifs is 1. The minimum Gasteiger partial charge on any atom is -0.497 e. The number of ether oxygens (including phenoxy) is 3. The number of carbonyl (C=O) groups excluding carboxylic acids is 4. The molecule has 4 aromatic rings. The second kappa shape index (κ2) is 17.8. The van der Waals surface area contributed by atoms with Crippen molar-refractivity contribution in [2.75, 3.05) is 32.0 Å². The van der Waals surface area contributed by atoms with E-state index >= 15 is 0 Å². The van der Waals surface area contributed by atoms with Crippen molar-refractivity contribution >= 4 is 63.6 Å². The van der Waals surface area contributed by atoms with E-state index in [2.05, 4.69) is 36.7 Å². The van der Waals surface area contributed by atoms with Crippen molar-refractivity contribution in [3.05, 3.63) is 106 Å². The van der Waals surface area contributed by atoms with Crippen molar-refractivity contribution in [2.24, 2.45) is 11.3 Å². The van der Waals surface area contributed by atoms with Crippen LogP contribution in [0.2, 0.25) is 0 Å². The maximum Gasteiger partial charge on any atom is 0.341 e. The summed E-state index contributed by atoms with van der Waals surface area (Å²) in [5, 5.41) is 8.74. The van der Waals surface area contributed by atoms with Gasteiger partial charge in [0.2, 0.25) is 5.91 Å². The molecule has 0 bridgehead atoms. The van der Waals surface area contributed by atoms with Gasteiger partial charge >= 0.3 is 5.97 Å². The van der Waals surface area contributed by atoms with Gasteiger partial charge in [0.05, 0.1) is 32.1 Å². The lowest BCUT2D eigenvalue weighted by Gasteiger charge is -2.33. The number of anilines is 2. The molecule has 5 rings (SSSR count). The van der Waals surface area contributed by atoms with E-state index in [1.54, 1.807) is 79.9 Å². The Balaban J connectivity index is 1.35. The molecular weight excluding hydrogens is 723 g/mol. The number of thioether (sulfide) groups is 1. The van der Waals surface area contributed by atoms with Crippen LogP contribution in [0, 0.1) is 11.3 Å². The molecule has 12 heteroatoms. The molecule has 2 atom stereocenters. The van der Waals surface area contributed by atoms with Crippen molar-refractivity contribution in [1.29, 1.82) is 0 Å². The van der Waals surface area contributed by atoms with Gasteiger partial charge in [-0.15, -0.1) is 23.1 Å². The van der Waals surface area contributed by atoms with E-state index < -0.39 is 23.0 Å². The monoisotopic (exact) mass is 769 g/mol. The van der Waals surface area contributed by atoms with Crippen molar-refractivity contribution in [1.82, 2.24) is 5.32 Å². The molecule has 2 unspecified atom stereocenters. The molecule has 0 saturated heterocycles. The van der Waals surface area contributed by atoms with Crippen LogP contribution in [0.4, 0.5) is 10.7 Å². The summed E-state index contributed by atoms with van der Waals surface area (Å²) < 4.78 is 16.0. The Morgan fingerprint density at radius 2 is 1.70 bits per heavy atom. The molecule has 0 radical (unpaired) electrons. The normalized spacial score (nSPS) is 14.6. The first kappa shape index (κ1) is 40.1. The number of thiophene rings is 1. The van der Waals surface area contributed by atoms with Gasteiger partial charge < -0.3 is 30.2 Å². The molecule has 3 aromatic carbocycles.